The van der Waals surface area contributed by atoms with E-state index in [0.29, 0.717) is 12.6 Å². The number of rotatable bonds is 3. The lowest BCUT2D eigenvalue weighted by molar-refractivity contribution is -0.0589. The largest absolute Gasteiger partial charge is 0.381 e. The average Bonchev–Trinajstić information content (AvgIpc) is 3.13. The van der Waals surface area contributed by atoms with Gasteiger partial charge in [-0.1, -0.05) is 0 Å². The Morgan fingerprint density at radius 1 is 1.08 bits per heavy atom. The number of ether oxygens (including phenoxy) is 2. The van der Waals surface area contributed by atoms with Crippen LogP contribution in [0.5, 0.6) is 0 Å². The number of aromatic nitrogens is 2. The van der Waals surface area contributed by atoms with E-state index >= 15 is 0 Å². The summed E-state index contributed by atoms with van der Waals surface area (Å²) in [4.78, 5) is 10.5. The minimum Gasteiger partial charge on any atom is -0.381 e. The van der Waals surface area contributed by atoms with Gasteiger partial charge in [0.2, 0.25) is 0 Å². The van der Waals surface area contributed by atoms with Gasteiger partial charge in [0.05, 0.1) is 31.1 Å². The van der Waals surface area contributed by atoms with Crippen LogP contribution >= 0.6 is 0 Å². The average molecular weight is 331 g/mol. The molecule has 1 N–H and O–H groups in total. The van der Waals surface area contributed by atoms with Crippen molar-refractivity contribution in [3.63, 3.8) is 0 Å². The van der Waals surface area contributed by atoms with E-state index in [-0.39, 0.29) is 11.9 Å². The van der Waals surface area contributed by atoms with E-state index in [1.54, 1.807) is 12.1 Å². The van der Waals surface area contributed by atoms with Crippen LogP contribution in [0.2, 0.25) is 0 Å². The minimum atomic E-state index is -0.232. The first-order chi connectivity index (χ1) is 11.8. The maximum absolute atomic E-state index is 13.1. The first kappa shape index (κ1) is 15.7. The number of aromatic amines is 1. The van der Waals surface area contributed by atoms with Gasteiger partial charge in [0.25, 0.3) is 0 Å². The Morgan fingerprint density at radius 2 is 1.88 bits per heavy atom. The number of H-pyrrole nitrogens is 1. The standard InChI is InChI=1S/C18H22FN3O2/c19-14-3-1-13(2-4-14)16-11-20-18(21-16)17-12-24-10-7-22(17)15-5-8-23-9-6-15/h1-4,11,15,17H,5-10,12H2,(H,20,21). The van der Waals surface area contributed by atoms with Gasteiger partial charge in [-0.3, -0.25) is 4.90 Å². The molecule has 24 heavy (non-hydrogen) atoms. The zero-order valence-electron chi connectivity index (χ0n) is 13.6. The van der Waals surface area contributed by atoms with E-state index in [0.717, 1.165) is 56.3 Å². The van der Waals surface area contributed by atoms with Crippen LogP contribution in [0.25, 0.3) is 11.3 Å². The zero-order valence-corrected chi connectivity index (χ0v) is 13.6. The highest BCUT2D eigenvalue weighted by atomic mass is 19.1. The molecular weight excluding hydrogens is 309 g/mol. The fourth-order valence-electron chi connectivity index (χ4n) is 3.59. The number of halogens is 1. The highest BCUT2D eigenvalue weighted by Gasteiger charge is 2.33. The molecule has 2 aliphatic rings. The number of nitrogens with zero attached hydrogens (tertiary/aromatic N) is 2. The summed E-state index contributed by atoms with van der Waals surface area (Å²) in [5.74, 6) is 0.686. The predicted octanol–water partition coefficient (Wildman–Crippen LogP) is 2.77. The van der Waals surface area contributed by atoms with Gasteiger partial charge in [-0.2, -0.15) is 0 Å². The summed E-state index contributed by atoms with van der Waals surface area (Å²) in [5.41, 5.74) is 1.84. The van der Waals surface area contributed by atoms with Gasteiger partial charge < -0.3 is 14.5 Å². The van der Waals surface area contributed by atoms with Gasteiger partial charge in [0.15, 0.2) is 0 Å². The molecule has 2 aliphatic heterocycles. The summed E-state index contributed by atoms with van der Waals surface area (Å²) in [7, 11) is 0. The van der Waals surface area contributed by atoms with Crippen LogP contribution in [0.15, 0.2) is 30.5 Å². The summed E-state index contributed by atoms with van der Waals surface area (Å²) in [5, 5.41) is 0. The zero-order chi connectivity index (χ0) is 16.4. The molecule has 1 aromatic heterocycles. The molecule has 2 aromatic rings. The van der Waals surface area contributed by atoms with E-state index in [2.05, 4.69) is 14.9 Å². The quantitative estimate of drug-likeness (QED) is 0.940. The van der Waals surface area contributed by atoms with Crippen LogP contribution in [0.1, 0.15) is 24.7 Å². The number of nitrogens with one attached hydrogen (secondary N) is 1. The Bertz CT molecular complexity index is 667. The molecule has 3 heterocycles. The molecule has 0 amide bonds. The van der Waals surface area contributed by atoms with Gasteiger partial charge >= 0.3 is 0 Å². The van der Waals surface area contributed by atoms with Crippen molar-refractivity contribution >= 4 is 0 Å². The number of morpholine rings is 1. The van der Waals surface area contributed by atoms with E-state index in [1.807, 2.05) is 6.20 Å². The topological polar surface area (TPSA) is 50.4 Å². The van der Waals surface area contributed by atoms with Crippen LogP contribution < -0.4 is 0 Å². The molecule has 0 saturated carbocycles. The molecule has 1 unspecified atom stereocenters. The maximum Gasteiger partial charge on any atom is 0.126 e. The Balaban J connectivity index is 1.56. The molecule has 0 radical (unpaired) electrons. The summed E-state index contributed by atoms with van der Waals surface area (Å²) in [6, 6.07) is 7.12. The summed E-state index contributed by atoms with van der Waals surface area (Å²) in [6.45, 7) is 3.98. The third-order valence-corrected chi connectivity index (χ3v) is 4.90. The van der Waals surface area contributed by atoms with Gasteiger partial charge in [-0.05, 0) is 42.7 Å². The third kappa shape index (κ3) is 3.22. The second kappa shape index (κ2) is 7.01. The number of hydrogen-bond acceptors (Lipinski definition) is 4. The Morgan fingerprint density at radius 3 is 2.67 bits per heavy atom. The highest BCUT2D eigenvalue weighted by molar-refractivity contribution is 5.58. The SMILES string of the molecule is Fc1ccc(-c2cnc(C3COCCN3C3CCOCC3)[nH]2)cc1. The minimum absolute atomic E-state index is 0.135. The number of benzene rings is 1. The van der Waals surface area contributed by atoms with Crippen molar-refractivity contribution < 1.29 is 13.9 Å². The van der Waals surface area contributed by atoms with E-state index in [4.69, 9.17) is 9.47 Å². The van der Waals surface area contributed by atoms with Gasteiger partial charge in [0.1, 0.15) is 11.6 Å². The normalized spacial score (nSPS) is 23.5. The van der Waals surface area contributed by atoms with Crippen molar-refractivity contribution in [1.82, 2.24) is 14.9 Å². The van der Waals surface area contributed by atoms with Crippen LogP contribution in [-0.4, -0.2) is 53.9 Å². The molecule has 5 nitrogen and oxygen atoms in total. The lowest BCUT2D eigenvalue weighted by atomic mass is 10.0. The van der Waals surface area contributed by atoms with Crippen molar-refractivity contribution in [2.75, 3.05) is 33.0 Å². The maximum atomic E-state index is 13.1. The summed E-state index contributed by atoms with van der Waals surface area (Å²) >= 11 is 0. The second-order valence-corrected chi connectivity index (χ2v) is 6.36. The predicted molar refractivity (Wildman–Crippen MR) is 88.1 cm³/mol. The highest BCUT2D eigenvalue weighted by Crippen LogP contribution is 2.29. The van der Waals surface area contributed by atoms with Gasteiger partial charge in [0, 0.05) is 25.8 Å². The number of imidazole rings is 1. The fraction of sp³-hybridized carbons (Fsp3) is 0.500. The first-order valence-corrected chi connectivity index (χ1v) is 8.53. The monoisotopic (exact) mass is 331 g/mol. The first-order valence-electron chi connectivity index (χ1n) is 8.53. The molecule has 6 heteroatoms. The lowest BCUT2D eigenvalue weighted by Crippen LogP contribution is -2.48. The Labute approximate surface area is 140 Å². The van der Waals surface area contributed by atoms with Gasteiger partial charge in [-0.25, -0.2) is 9.37 Å². The van der Waals surface area contributed by atoms with Gasteiger partial charge in [-0.15, -0.1) is 0 Å². The van der Waals surface area contributed by atoms with E-state index in [1.165, 1.54) is 12.1 Å². The molecule has 1 aromatic carbocycles. The van der Waals surface area contributed by atoms with Crippen LogP contribution in [-0.2, 0) is 9.47 Å². The van der Waals surface area contributed by atoms with Crippen molar-refractivity contribution in [3.05, 3.63) is 42.1 Å². The molecule has 2 fully saturated rings. The fourth-order valence-corrected chi connectivity index (χ4v) is 3.59. The molecule has 128 valence electrons. The van der Waals surface area contributed by atoms with Crippen LogP contribution in [0.4, 0.5) is 4.39 Å². The summed E-state index contributed by atoms with van der Waals surface area (Å²) in [6.07, 6.45) is 3.93. The molecular formula is C18H22FN3O2. The van der Waals surface area contributed by atoms with Crippen LogP contribution in [0, 0.1) is 5.82 Å². The molecule has 2 saturated heterocycles. The van der Waals surface area contributed by atoms with Crippen molar-refractivity contribution in [2.45, 2.75) is 24.9 Å². The Hall–Kier alpha value is -1.76. The molecule has 1 atom stereocenters. The van der Waals surface area contributed by atoms with E-state index < -0.39 is 0 Å². The lowest BCUT2D eigenvalue weighted by Gasteiger charge is -2.41. The molecule has 0 spiro atoms. The van der Waals surface area contributed by atoms with Crippen molar-refractivity contribution in [2.24, 2.45) is 0 Å². The summed E-state index contributed by atoms with van der Waals surface area (Å²) < 4.78 is 24.3. The smallest absolute Gasteiger partial charge is 0.126 e. The van der Waals surface area contributed by atoms with Crippen LogP contribution in [0.3, 0.4) is 0 Å². The number of hydrogen-bond donors (Lipinski definition) is 1. The molecule has 0 aliphatic carbocycles. The Kier molecular flexibility index (Phi) is 4.60. The third-order valence-electron chi connectivity index (χ3n) is 4.90. The van der Waals surface area contributed by atoms with E-state index in [9.17, 15) is 4.39 Å². The molecule has 4 rings (SSSR count). The van der Waals surface area contributed by atoms with Crippen molar-refractivity contribution in [3.8, 4) is 11.3 Å². The van der Waals surface area contributed by atoms with Crippen molar-refractivity contribution in [1.29, 1.82) is 0 Å². The second-order valence-electron chi connectivity index (χ2n) is 6.36. The molecule has 0 bridgehead atoms.